The Morgan fingerprint density at radius 3 is 2.60 bits per heavy atom. The Balaban J connectivity index is 3.44. The summed E-state index contributed by atoms with van der Waals surface area (Å²) in [5.41, 5.74) is 0. The van der Waals surface area contributed by atoms with Gasteiger partial charge in [-0.2, -0.15) is 0 Å². The molecule has 1 atom stereocenters. The van der Waals surface area contributed by atoms with E-state index in [1.807, 2.05) is 6.92 Å². The molecule has 0 heterocycles. The van der Waals surface area contributed by atoms with Crippen molar-refractivity contribution in [3.63, 3.8) is 0 Å². The predicted octanol–water partition coefficient (Wildman–Crippen LogP) is 2.78. The maximum atomic E-state index is 10.8. The molecule has 2 amide bonds. The molecule has 0 saturated carbocycles. The molecule has 0 saturated heterocycles. The summed E-state index contributed by atoms with van der Waals surface area (Å²) in [6, 6.07) is -0.512. The fourth-order valence-electron chi connectivity index (χ4n) is 1.41. The van der Waals surface area contributed by atoms with Gasteiger partial charge < -0.3 is 5.32 Å². The number of nitrogens with zero attached hydrogens (tertiary/aromatic N) is 1. The number of urea groups is 1. The van der Waals surface area contributed by atoms with E-state index in [1.165, 1.54) is 31.8 Å². The predicted molar refractivity (Wildman–Crippen MR) is 59.5 cm³/mol. The van der Waals surface area contributed by atoms with Gasteiger partial charge in [-0.15, -0.1) is 4.99 Å². The van der Waals surface area contributed by atoms with Crippen molar-refractivity contribution in [3.05, 3.63) is 0 Å². The highest BCUT2D eigenvalue weighted by Crippen LogP contribution is 2.06. The van der Waals surface area contributed by atoms with Crippen molar-refractivity contribution in [2.75, 3.05) is 0 Å². The number of carbonyl (C=O) groups is 1. The molecule has 1 N–H and O–H groups in total. The zero-order valence-electron chi connectivity index (χ0n) is 9.58. The second-order valence-corrected chi connectivity index (χ2v) is 3.76. The van der Waals surface area contributed by atoms with Crippen molar-refractivity contribution in [2.24, 2.45) is 4.99 Å². The molecule has 0 aliphatic heterocycles. The fourth-order valence-corrected chi connectivity index (χ4v) is 1.41. The number of aliphatic imine (C=N–C) groups is 1. The van der Waals surface area contributed by atoms with E-state index in [2.05, 4.69) is 17.2 Å². The van der Waals surface area contributed by atoms with Crippen LogP contribution in [-0.2, 0) is 4.79 Å². The monoisotopic (exact) mass is 212 g/mol. The van der Waals surface area contributed by atoms with E-state index in [1.54, 1.807) is 0 Å². The van der Waals surface area contributed by atoms with Crippen LogP contribution in [0.4, 0.5) is 4.79 Å². The number of carbonyl (C=O) groups excluding carboxylic acids is 2. The van der Waals surface area contributed by atoms with E-state index < -0.39 is 6.03 Å². The first-order valence-corrected chi connectivity index (χ1v) is 5.59. The van der Waals surface area contributed by atoms with E-state index in [4.69, 9.17) is 0 Å². The molecule has 0 fully saturated rings. The van der Waals surface area contributed by atoms with Gasteiger partial charge in [-0.25, -0.2) is 9.59 Å². The Kier molecular flexibility index (Phi) is 8.69. The second kappa shape index (κ2) is 9.41. The molecule has 4 heteroatoms. The quantitative estimate of drug-likeness (QED) is 0.401. The topological polar surface area (TPSA) is 58.5 Å². The van der Waals surface area contributed by atoms with Crippen LogP contribution in [0.3, 0.4) is 0 Å². The third-order valence-corrected chi connectivity index (χ3v) is 2.26. The highest BCUT2D eigenvalue weighted by molar-refractivity contribution is 5.79. The first-order valence-electron chi connectivity index (χ1n) is 5.59. The molecule has 15 heavy (non-hydrogen) atoms. The lowest BCUT2D eigenvalue weighted by Gasteiger charge is -2.10. The van der Waals surface area contributed by atoms with Gasteiger partial charge >= 0.3 is 6.03 Å². The molecule has 0 rings (SSSR count). The van der Waals surface area contributed by atoms with Crippen LogP contribution in [0.2, 0.25) is 0 Å². The lowest BCUT2D eigenvalue weighted by Crippen LogP contribution is -2.29. The highest BCUT2D eigenvalue weighted by atomic mass is 16.2. The highest BCUT2D eigenvalue weighted by Gasteiger charge is 2.04. The Hall–Kier alpha value is -1.15. The van der Waals surface area contributed by atoms with Crippen LogP contribution < -0.4 is 5.32 Å². The fraction of sp³-hybridized carbons (Fsp3) is 0.818. The summed E-state index contributed by atoms with van der Waals surface area (Å²) in [6.45, 7) is 4.10. The van der Waals surface area contributed by atoms with E-state index in [-0.39, 0.29) is 6.04 Å². The molecule has 1 unspecified atom stereocenters. The van der Waals surface area contributed by atoms with Crippen LogP contribution in [0, 0.1) is 0 Å². The van der Waals surface area contributed by atoms with Crippen LogP contribution in [0.25, 0.3) is 0 Å². The molecular formula is C11H20N2O2. The van der Waals surface area contributed by atoms with Gasteiger partial charge in [0, 0.05) is 6.04 Å². The molecule has 0 aromatic heterocycles. The van der Waals surface area contributed by atoms with Crippen molar-refractivity contribution in [1.82, 2.24) is 5.32 Å². The van der Waals surface area contributed by atoms with Crippen molar-refractivity contribution in [1.29, 1.82) is 0 Å². The van der Waals surface area contributed by atoms with Crippen molar-refractivity contribution >= 4 is 12.1 Å². The minimum atomic E-state index is -0.592. The van der Waals surface area contributed by atoms with Gasteiger partial charge in [0.1, 0.15) is 0 Å². The van der Waals surface area contributed by atoms with Crippen molar-refractivity contribution in [3.8, 4) is 0 Å². The van der Waals surface area contributed by atoms with Gasteiger partial charge in [0.25, 0.3) is 0 Å². The van der Waals surface area contributed by atoms with Crippen LogP contribution in [0.15, 0.2) is 4.99 Å². The number of rotatable bonds is 7. The third-order valence-electron chi connectivity index (χ3n) is 2.26. The van der Waals surface area contributed by atoms with Crippen molar-refractivity contribution < 1.29 is 9.59 Å². The molecule has 0 bridgehead atoms. The summed E-state index contributed by atoms with van der Waals surface area (Å²) >= 11 is 0. The molecule has 4 nitrogen and oxygen atoms in total. The van der Waals surface area contributed by atoms with Crippen LogP contribution in [0.5, 0.6) is 0 Å². The smallest absolute Gasteiger partial charge is 0.333 e. The van der Waals surface area contributed by atoms with E-state index in [0.29, 0.717) is 0 Å². The minimum absolute atomic E-state index is 0.0798. The van der Waals surface area contributed by atoms with Crippen molar-refractivity contribution in [2.45, 2.75) is 58.4 Å². The Morgan fingerprint density at radius 2 is 2.00 bits per heavy atom. The number of nitrogens with one attached hydrogen (secondary N) is 1. The molecule has 0 aliphatic carbocycles. The lowest BCUT2D eigenvalue weighted by atomic mass is 10.1. The van der Waals surface area contributed by atoms with Crippen LogP contribution >= 0.6 is 0 Å². The standard InChI is InChI=1S/C11H20N2O2/c1-3-4-5-6-7-8-10(2)13-11(15)12-9-14/h10H,3-8H2,1-2H3,(H,13,15). The number of hydrogen-bond donors (Lipinski definition) is 1. The molecule has 86 valence electrons. The first-order chi connectivity index (χ1) is 7.20. The second-order valence-electron chi connectivity index (χ2n) is 3.76. The van der Waals surface area contributed by atoms with Gasteiger partial charge in [0.2, 0.25) is 6.08 Å². The molecule has 0 aromatic carbocycles. The maximum Gasteiger partial charge on any atom is 0.352 e. The SMILES string of the molecule is CCCCCCCC(C)NC(=O)N=C=O. The first kappa shape index (κ1) is 13.8. The van der Waals surface area contributed by atoms with Crippen LogP contribution in [-0.4, -0.2) is 18.2 Å². The number of hydrogen-bond acceptors (Lipinski definition) is 2. The van der Waals surface area contributed by atoms with Crippen LogP contribution in [0.1, 0.15) is 52.4 Å². The average molecular weight is 212 g/mol. The summed E-state index contributed by atoms with van der Waals surface area (Å²) in [4.78, 5) is 23.6. The number of amides is 2. The molecule has 0 radical (unpaired) electrons. The summed E-state index contributed by atoms with van der Waals surface area (Å²) < 4.78 is 0. The minimum Gasteiger partial charge on any atom is -0.333 e. The zero-order chi connectivity index (χ0) is 11.5. The van der Waals surface area contributed by atoms with E-state index in [0.717, 1.165) is 12.8 Å². The Bertz CT molecular complexity index is 223. The van der Waals surface area contributed by atoms with Gasteiger partial charge in [-0.3, -0.25) is 0 Å². The van der Waals surface area contributed by atoms with E-state index >= 15 is 0 Å². The maximum absolute atomic E-state index is 10.8. The van der Waals surface area contributed by atoms with Gasteiger partial charge in [-0.05, 0) is 13.3 Å². The summed E-state index contributed by atoms with van der Waals surface area (Å²) in [5, 5.41) is 2.60. The van der Waals surface area contributed by atoms with Gasteiger partial charge in [0.05, 0.1) is 0 Å². The summed E-state index contributed by atoms with van der Waals surface area (Å²) in [6.07, 6.45) is 8.22. The molecular weight excluding hydrogens is 192 g/mol. The summed E-state index contributed by atoms with van der Waals surface area (Å²) in [7, 11) is 0. The number of unbranched alkanes of at least 4 members (excludes halogenated alkanes) is 4. The Labute approximate surface area is 91.2 Å². The molecule has 0 aliphatic rings. The Morgan fingerprint density at radius 1 is 1.33 bits per heavy atom. The normalized spacial score (nSPS) is 11.6. The molecule has 0 aromatic rings. The zero-order valence-corrected chi connectivity index (χ0v) is 9.58. The molecule has 0 spiro atoms. The van der Waals surface area contributed by atoms with Gasteiger partial charge in [0.15, 0.2) is 0 Å². The lowest BCUT2D eigenvalue weighted by molar-refractivity contribution is 0.245. The largest absolute Gasteiger partial charge is 0.352 e. The third kappa shape index (κ3) is 9.16. The summed E-state index contributed by atoms with van der Waals surface area (Å²) in [5.74, 6) is 0. The van der Waals surface area contributed by atoms with E-state index in [9.17, 15) is 9.59 Å². The average Bonchev–Trinajstić information content (AvgIpc) is 2.17. The van der Waals surface area contributed by atoms with Gasteiger partial charge in [-0.1, -0.05) is 39.0 Å². The number of isocyanates is 1.